The fraction of sp³-hybridized carbons (Fsp3) is 0.467. The predicted octanol–water partition coefficient (Wildman–Crippen LogP) is 5.38. The number of hydrogen-bond donors (Lipinski definition) is 1. The molecule has 4 atom stereocenters. The molecule has 0 radical (unpaired) electrons. The van der Waals surface area contributed by atoms with Gasteiger partial charge in [0.05, 0.1) is 11.6 Å². The van der Waals surface area contributed by atoms with Gasteiger partial charge in [-0.2, -0.15) is 0 Å². The first-order valence-electron chi connectivity index (χ1n) is 13.0. The number of piperidine rings is 1. The van der Waals surface area contributed by atoms with E-state index in [2.05, 4.69) is 12.1 Å². The maximum Gasteiger partial charge on any atom is 0.339 e. The summed E-state index contributed by atoms with van der Waals surface area (Å²) in [5.74, 6) is 0.427. The number of ether oxygens (including phenoxy) is 1. The molecule has 1 aromatic heterocycles. The number of carbonyl (C=O) groups excluding carboxylic acids is 1. The minimum Gasteiger partial charge on any atom is -0.480 e. The molecule has 5 rings (SSSR count). The first kappa shape index (κ1) is 24.6. The Morgan fingerprint density at radius 2 is 1.81 bits per heavy atom. The third-order valence-corrected chi connectivity index (χ3v) is 8.47. The topological polar surface area (TPSA) is 80.0 Å². The van der Waals surface area contributed by atoms with Crippen molar-refractivity contribution in [1.82, 2.24) is 4.90 Å². The summed E-state index contributed by atoms with van der Waals surface area (Å²) in [6.45, 7) is 7.78. The first-order valence-corrected chi connectivity index (χ1v) is 13.0. The highest BCUT2D eigenvalue weighted by Gasteiger charge is 2.50. The highest BCUT2D eigenvalue weighted by Crippen LogP contribution is 2.49. The molecule has 2 fully saturated rings. The molecule has 6 nitrogen and oxygen atoms in total. The van der Waals surface area contributed by atoms with Gasteiger partial charge < -0.3 is 19.2 Å². The van der Waals surface area contributed by atoms with E-state index in [0.29, 0.717) is 35.4 Å². The van der Waals surface area contributed by atoms with Crippen molar-refractivity contribution in [3.63, 3.8) is 0 Å². The average Bonchev–Trinajstić information content (AvgIpc) is 2.88. The van der Waals surface area contributed by atoms with Gasteiger partial charge in [-0.15, -0.1) is 0 Å². The zero-order chi connectivity index (χ0) is 25.6. The van der Waals surface area contributed by atoms with Crippen LogP contribution in [0.5, 0.6) is 5.75 Å². The van der Waals surface area contributed by atoms with Crippen molar-refractivity contribution in [2.75, 3.05) is 6.54 Å². The minimum absolute atomic E-state index is 0.00134. The monoisotopic (exact) mass is 489 g/mol. The Balaban J connectivity index is 1.45. The zero-order valence-corrected chi connectivity index (χ0v) is 21.5. The lowest BCUT2D eigenvalue weighted by atomic mass is 9.66. The SMILES string of the molecule is Cc1c(C)c2ccc(OC(C)C(=O)N3CCC4(O)CCCCC4C3c3ccccc3)c(C)c2oc1=O. The number of aliphatic hydroxyl groups is 1. The van der Waals surface area contributed by atoms with E-state index in [0.717, 1.165) is 42.2 Å². The van der Waals surface area contributed by atoms with Crippen LogP contribution in [0, 0.1) is 26.7 Å². The molecule has 2 aliphatic rings. The fourth-order valence-electron chi connectivity index (χ4n) is 6.22. The van der Waals surface area contributed by atoms with E-state index >= 15 is 0 Å². The highest BCUT2D eigenvalue weighted by atomic mass is 16.5. The first-order chi connectivity index (χ1) is 17.2. The lowest BCUT2D eigenvalue weighted by molar-refractivity contribution is -0.161. The molecular weight excluding hydrogens is 454 g/mol. The maximum absolute atomic E-state index is 13.8. The van der Waals surface area contributed by atoms with E-state index in [-0.39, 0.29) is 23.5 Å². The minimum atomic E-state index is -0.736. The third kappa shape index (κ3) is 4.11. The van der Waals surface area contributed by atoms with Crippen LogP contribution in [0.25, 0.3) is 11.0 Å². The van der Waals surface area contributed by atoms with Gasteiger partial charge in [-0.05, 0) is 70.2 Å². The van der Waals surface area contributed by atoms with E-state index < -0.39 is 11.7 Å². The van der Waals surface area contributed by atoms with Crippen LogP contribution in [0.2, 0.25) is 0 Å². The molecule has 1 saturated heterocycles. The van der Waals surface area contributed by atoms with Gasteiger partial charge in [0, 0.05) is 29.0 Å². The smallest absolute Gasteiger partial charge is 0.339 e. The van der Waals surface area contributed by atoms with Crippen LogP contribution in [0.1, 0.15) is 67.3 Å². The molecule has 6 heteroatoms. The molecule has 4 unspecified atom stereocenters. The number of fused-ring (bicyclic) bond motifs is 2. The van der Waals surface area contributed by atoms with Gasteiger partial charge in [0.1, 0.15) is 11.3 Å². The molecule has 3 aromatic rings. The van der Waals surface area contributed by atoms with Crippen LogP contribution < -0.4 is 10.4 Å². The highest BCUT2D eigenvalue weighted by molar-refractivity contribution is 5.86. The van der Waals surface area contributed by atoms with Crippen molar-refractivity contribution >= 4 is 16.9 Å². The summed E-state index contributed by atoms with van der Waals surface area (Å²) >= 11 is 0. The predicted molar refractivity (Wildman–Crippen MR) is 139 cm³/mol. The van der Waals surface area contributed by atoms with Gasteiger partial charge in [0.25, 0.3) is 5.91 Å². The molecule has 190 valence electrons. The summed E-state index contributed by atoms with van der Waals surface area (Å²) in [5.41, 5.74) is 2.64. The lowest BCUT2D eigenvalue weighted by Gasteiger charge is -2.53. The molecule has 1 amide bonds. The molecule has 1 saturated carbocycles. The molecule has 0 bridgehead atoms. The number of carbonyl (C=O) groups is 1. The van der Waals surface area contributed by atoms with Crippen LogP contribution >= 0.6 is 0 Å². The Bertz CT molecular complexity index is 1350. The Labute approximate surface area is 211 Å². The van der Waals surface area contributed by atoms with Crippen molar-refractivity contribution in [3.8, 4) is 5.75 Å². The number of aryl methyl sites for hydroxylation is 2. The van der Waals surface area contributed by atoms with Gasteiger partial charge in [0.2, 0.25) is 0 Å². The van der Waals surface area contributed by atoms with Gasteiger partial charge in [-0.1, -0.05) is 43.2 Å². The van der Waals surface area contributed by atoms with Crippen molar-refractivity contribution in [2.24, 2.45) is 5.92 Å². The van der Waals surface area contributed by atoms with Gasteiger partial charge in [-0.25, -0.2) is 4.79 Å². The van der Waals surface area contributed by atoms with Crippen molar-refractivity contribution in [3.05, 3.63) is 75.1 Å². The van der Waals surface area contributed by atoms with E-state index in [1.807, 2.05) is 49.1 Å². The van der Waals surface area contributed by atoms with Gasteiger partial charge in [0.15, 0.2) is 6.10 Å². The Kier molecular flexibility index (Phi) is 6.41. The standard InChI is InChI=1S/C30H35NO5/c1-18-19(2)29(33)36-27-20(3)25(14-13-23(18)27)35-21(4)28(32)31-17-16-30(34)15-9-8-12-24(30)26(31)22-10-6-5-7-11-22/h5-7,10-11,13-14,21,24,26,34H,8-9,12,15-17H2,1-4H3. The Morgan fingerprint density at radius 3 is 2.56 bits per heavy atom. The number of hydrogen-bond acceptors (Lipinski definition) is 5. The van der Waals surface area contributed by atoms with Crippen LogP contribution in [0.4, 0.5) is 0 Å². The van der Waals surface area contributed by atoms with E-state index in [4.69, 9.17) is 9.15 Å². The molecule has 0 spiro atoms. The van der Waals surface area contributed by atoms with Gasteiger partial charge in [-0.3, -0.25) is 4.79 Å². The van der Waals surface area contributed by atoms with E-state index in [1.54, 1.807) is 13.8 Å². The normalized spacial score (nSPS) is 24.9. The quantitative estimate of drug-likeness (QED) is 0.498. The molecule has 2 heterocycles. The number of rotatable bonds is 4. The average molecular weight is 490 g/mol. The molecule has 36 heavy (non-hydrogen) atoms. The van der Waals surface area contributed by atoms with Crippen LogP contribution in [0.3, 0.4) is 0 Å². The molecular formula is C30H35NO5. The van der Waals surface area contributed by atoms with Crippen LogP contribution in [0.15, 0.2) is 51.7 Å². The number of nitrogens with zero attached hydrogens (tertiary/aromatic N) is 1. The molecule has 1 aliphatic carbocycles. The Morgan fingerprint density at radius 1 is 1.06 bits per heavy atom. The van der Waals surface area contributed by atoms with Crippen LogP contribution in [-0.4, -0.2) is 34.2 Å². The summed E-state index contributed by atoms with van der Waals surface area (Å²) in [6.07, 6.45) is 3.62. The molecule has 1 N–H and O–H groups in total. The summed E-state index contributed by atoms with van der Waals surface area (Å²) in [7, 11) is 0. The zero-order valence-electron chi connectivity index (χ0n) is 21.5. The van der Waals surface area contributed by atoms with Crippen molar-refractivity contribution in [2.45, 2.75) is 77.5 Å². The summed E-state index contributed by atoms with van der Waals surface area (Å²) < 4.78 is 11.8. The molecule has 1 aliphatic heterocycles. The van der Waals surface area contributed by atoms with Crippen molar-refractivity contribution < 1.29 is 19.1 Å². The lowest BCUT2D eigenvalue weighted by Crippen LogP contribution is -2.58. The Hall–Kier alpha value is -3.12. The van der Waals surface area contributed by atoms with Crippen molar-refractivity contribution in [1.29, 1.82) is 0 Å². The largest absolute Gasteiger partial charge is 0.480 e. The summed E-state index contributed by atoms with van der Waals surface area (Å²) in [6, 6.07) is 13.6. The number of benzene rings is 2. The second kappa shape index (κ2) is 9.40. The number of likely N-dealkylation sites (tertiary alicyclic amines) is 1. The van der Waals surface area contributed by atoms with Gasteiger partial charge >= 0.3 is 5.63 Å². The second-order valence-electron chi connectivity index (χ2n) is 10.6. The summed E-state index contributed by atoms with van der Waals surface area (Å²) in [5, 5.41) is 12.4. The number of amides is 1. The van der Waals surface area contributed by atoms with E-state index in [1.165, 1.54) is 0 Å². The maximum atomic E-state index is 13.8. The fourth-order valence-corrected chi connectivity index (χ4v) is 6.22. The second-order valence-corrected chi connectivity index (χ2v) is 10.6. The van der Waals surface area contributed by atoms with E-state index in [9.17, 15) is 14.7 Å². The summed E-state index contributed by atoms with van der Waals surface area (Å²) in [4.78, 5) is 28.0. The third-order valence-electron chi connectivity index (χ3n) is 8.47. The molecule has 2 aromatic carbocycles. The van der Waals surface area contributed by atoms with Crippen LogP contribution in [-0.2, 0) is 4.79 Å².